The highest BCUT2D eigenvalue weighted by Gasteiger charge is 2.33. The molecule has 0 bridgehead atoms. The minimum atomic E-state index is -3.59. The van der Waals surface area contributed by atoms with Crippen LogP contribution in [-0.2, 0) is 20.6 Å². The van der Waals surface area contributed by atoms with Crippen LogP contribution in [0.3, 0.4) is 0 Å². The summed E-state index contributed by atoms with van der Waals surface area (Å²) in [5.41, 5.74) is 0.400. The second-order valence-electron chi connectivity index (χ2n) is 6.79. The molecular formula is C17H24Cl2N2O3S. The standard InChI is InChI=1S/C17H24Cl2N2O3S/c1-12(2)9-20-17(22)13-5-4-8-21(10-13)25(23,24)11-14-15(18)6-3-7-16(14)19/h3,6-7,12-13H,4-5,8-11H2,1-2H3,(H,20,22). The molecule has 1 aromatic rings. The minimum absolute atomic E-state index is 0.0793. The molecule has 1 unspecified atom stereocenters. The smallest absolute Gasteiger partial charge is 0.224 e. The molecule has 1 heterocycles. The monoisotopic (exact) mass is 406 g/mol. The third-order valence-corrected chi connectivity index (χ3v) is 6.70. The maximum absolute atomic E-state index is 12.8. The number of hydrogen-bond acceptors (Lipinski definition) is 3. The largest absolute Gasteiger partial charge is 0.356 e. The van der Waals surface area contributed by atoms with Gasteiger partial charge in [0.15, 0.2) is 0 Å². The summed E-state index contributed by atoms with van der Waals surface area (Å²) in [6.45, 7) is 5.25. The molecule has 1 N–H and O–H groups in total. The van der Waals surface area contributed by atoms with Crippen molar-refractivity contribution in [2.45, 2.75) is 32.4 Å². The fourth-order valence-corrected chi connectivity index (χ4v) is 5.16. The van der Waals surface area contributed by atoms with E-state index in [-0.39, 0.29) is 24.1 Å². The lowest BCUT2D eigenvalue weighted by Gasteiger charge is -2.31. The molecule has 0 aromatic heterocycles. The summed E-state index contributed by atoms with van der Waals surface area (Å²) in [6.07, 6.45) is 1.36. The van der Waals surface area contributed by atoms with Gasteiger partial charge in [0.2, 0.25) is 15.9 Å². The zero-order chi connectivity index (χ0) is 18.6. The van der Waals surface area contributed by atoms with Crippen molar-refractivity contribution in [1.82, 2.24) is 9.62 Å². The van der Waals surface area contributed by atoms with E-state index < -0.39 is 10.0 Å². The average molecular weight is 407 g/mol. The van der Waals surface area contributed by atoms with Crippen molar-refractivity contribution in [3.8, 4) is 0 Å². The van der Waals surface area contributed by atoms with Crippen LogP contribution in [0.2, 0.25) is 10.0 Å². The Morgan fingerprint density at radius 2 is 1.96 bits per heavy atom. The molecule has 0 saturated carbocycles. The van der Waals surface area contributed by atoms with Gasteiger partial charge >= 0.3 is 0 Å². The minimum Gasteiger partial charge on any atom is -0.356 e. The highest BCUT2D eigenvalue weighted by atomic mass is 35.5. The van der Waals surface area contributed by atoms with E-state index in [0.29, 0.717) is 47.5 Å². The predicted molar refractivity (Wildman–Crippen MR) is 101 cm³/mol. The number of carbonyl (C=O) groups excluding carboxylic acids is 1. The van der Waals surface area contributed by atoms with Crippen LogP contribution in [0.25, 0.3) is 0 Å². The van der Waals surface area contributed by atoms with Crippen molar-refractivity contribution in [3.05, 3.63) is 33.8 Å². The quantitative estimate of drug-likeness (QED) is 0.787. The first-order chi connectivity index (χ1) is 11.7. The Morgan fingerprint density at radius 1 is 1.32 bits per heavy atom. The number of rotatable bonds is 6. The maximum atomic E-state index is 12.8. The van der Waals surface area contributed by atoms with Gasteiger partial charge in [0.1, 0.15) is 0 Å². The predicted octanol–water partition coefficient (Wildman–Crippen LogP) is 3.31. The van der Waals surface area contributed by atoms with Crippen LogP contribution in [0, 0.1) is 11.8 Å². The summed E-state index contributed by atoms with van der Waals surface area (Å²) in [6, 6.07) is 4.92. The van der Waals surface area contributed by atoms with Crippen LogP contribution in [0.1, 0.15) is 32.3 Å². The number of sulfonamides is 1. The van der Waals surface area contributed by atoms with Crippen LogP contribution in [0.15, 0.2) is 18.2 Å². The number of amides is 1. The van der Waals surface area contributed by atoms with Crippen molar-refractivity contribution >= 4 is 39.1 Å². The summed E-state index contributed by atoms with van der Waals surface area (Å²) in [5.74, 6) is -0.297. The normalized spacial score (nSPS) is 19.2. The number of halogens is 2. The Morgan fingerprint density at radius 3 is 2.56 bits per heavy atom. The van der Waals surface area contributed by atoms with Gasteiger partial charge in [0.05, 0.1) is 11.7 Å². The van der Waals surface area contributed by atoms with Crippen molar-refractivity contribution in [1.29, 1.82) is 0 Å². The summed E-state index contributed by atoms with van der Waals surface area (Å²) in [5, 5.41) is 3.55. The topological polar surface area (TPSA) is 66.5 Å². The van der Waals surface area contributed by atoms with Crippen molar-refractivity contribution in [2.75, 3.05) is 19.6 Å². The van der Waals surface area contributed by atoms with Gasteiger partial charge in [-0.3, -0.25) is 4.79 Å². The molecule has 1 aromatic carbocycles. The molecule has 1 saturated heterocycles. The zero-order valence-electron chi connectivity index (χ0n) is 14.5. The highest BCUT2D eigenvalue weighted by Crippen LogP contribution is 2.29. The van der Waals surface area contributed by atoms with Crippen LogP contribution in [0.4, 0.5) is 0 Å². The molecule has 140 valence electrons. The zero-order valence-corrected chi connectivity index (χ0v) is 16.8. The summed E-state index contributed by atoms with van der Waals surface area (Å²) in [4.78, 5) is 12.3. The lowest BCUT2D eigenvalue weighted by atomic mass is 9.98. The number of benzene rings is 1. The Labute approximate surface area is 159 Å². The molecule has 1 atom stereocenters. The van der Waals surface area contributed by atoms with E-state index in [1.807, 2.05) is 13.8 Å². The first kappa shape index (κ1) is 20.5. The highest BCUT2D eigenvalue weighted by molar-refractivity contribution is 7.88. The van der Waals surface area contributed by atoms with E-state index >= 15 is 0 Å². The van der Waals surface area contributed by atoms with E-state index in [1.54, 1.807) is 18.2 Å². The Bertz CT molecular complexity index is 702. The van der Waals surface area contributed by atoms with Gasteiger partial charge in [0, 0.05) is 35.2 Å². The number of carbonyl (C=O) groups is 1. The third kappa shape index (κ3) is 5.58. The van der Waals surface area contributed by atoms with Crippen molar-refractivity contribution < 1.29 is 13.2 Å². The number of hydrogen-bond donors (Lipinski definition) is 1. The number of piperidine rings is 1. The third-order valence-electron chi connectivity index (χ3n) is 4.22. The van der Waals surface area contributed by atoms with E-state index in [9.17, 15) is 13.2 Å². The molecule has 0 spiro atoms. The van der Waals surface area contributed by atoms with Crippen LogP contribution in [-0.4, -0.2) is 38.3 Å². The Kier molecular flexibility index (Phi) is 7.14. The van der Waals surface area contributed by atoms with Gasteiger partial charge in [0.25, 0.3) is 0 Å². The molecule has 5 nitrogen and oxygen atoms in total. The SMILES string of the molecule is CC(C)CNC(=O)C1CCCN(S(=O)(=O)Cc2c(Cl)cccc2Cl)C1. The van der Waals surface area contributed by atoms with Crippen LogP contribution in [0.5, 0.6) is 0 Å². The van der Waals surface area contributed by atoms with Gasteiger partial charge in [-0.05, 0) is 30.9 Å². The summed E-state index contributed by atoms with van der Waals surface area (Å²) in [7, 11) is -3.59. The summed E-state index contributed by atoms with van der Waals surface area (Å²) >= 11 is 12.2. The van der Waals surface area contributed by atoms with E-state index in [1.165, 1.54) is 4.31 Å². The first-order valence-corrected chi connectivity index (χ1v) is 10.8. The van der Waals surface area contributed by atoms with Gasteiger partial charge in [-0.15, -0.1) is 0 Å². The Balaban J connectivity index is 2.07. The van der Waals surface area contributed by atoms with Gasteiger partial charge in [-0.25, -0.2) is 12.7 Å². The molecule has 25 heavy (non-hydrogen) atoms. The van der Waals surface area contributed by atoms with Crippen LogP contribution < -0.4 is 5.32 Å². The molecule has 8 heteroatoms. The van der Waals surface area contributed by atoms with Gasteiger partial charge < -0.3 is 5.32 Å². The molecule has 1 amide bonds. The molecule has 0 radical (unpaired) electrons. The van der Waals surface area contributed by atoms with E-state index in [2.05, 4.69) is 5.32 Å². The second kappa shape index (κ2) is 8.71. The first-order valence-electron chi connectivity index (χ1n) is 8.39. The van der Waals surface area contributed by atoms with E-state index in [4.69, 9.17) is 23.2 Å². The molecule has 1 aliphatic heterocycles. The fourth-order valence-electron chi connectivity index (χ4n) is 2.80. The molecule has 0 aliphatic carbocycles. The van der Waals surface area contributed by atoms with Crippen molar-refractivity contribution in [2.24, 2.45) is 11.8 Å². The number of nitrogens with zero attached hydrogens (tertiary/aromatic N) is 1. The van der Waals surface area contributed by atoms with E-state index in [0.717, 1.165) is 0 Å². The second-order valence-corrected chi connectivity index (χ2v) is 9.58. The molecular weight excluding hydrogens is 383 g/mol. The molecule has 1 fully saturated rings. The lowest BCUT2D eigenvalue weighted by molar-refractivity contribution is -0.126. The van der Waals surface area contributed by atoms with Crippen LogP contribution >= 0.6 is 23.2 Å². The molecule has 1 aliphatic rings. The maximum Gasteiger partial charge on any atom is 0.224 e. The fraction of sp³-hybridized carbons (Fsp3) is 0.588. The van der Waals surface area contributed by atoms with Gasteiger partial charge in [-0.2, -0.15) is 0 Å². The Hall–Kier alpha value is -0.820. The number of nitrogens with one attached hydrogen (secondary N) is 1. The lowest BCUT2D eigenvalue weighted by Crippen LogP contribution is -2.46. The molecule has 2 rings (SSSR count). The average Bonchev–Trinajstić information content (AvgIpc) is 2.56. The van der Waals surface area contributed by atoms with Crippen molar-refractivity contribution in [3.63, 3.8) is 0 Å². The summed E-state index contributed by atoms with van der Waals surface area (Å²) < 4.78 is 26.9. The van der Waals surface area contributed by atoms with Gasteiger partial charge in [-0.1, -0.05) is 43.1 Å².